The van der Waals surface area contributed by atoms with Gasteiger partial charge in [0.15, 0.2) is 11.5 Å². The Hall–Kier alpha value is -1.71. The minimum atomic E-state index is -0.359. The highest BCUT2D eigenvalue weighted by Gasteiger charge is 2.27. The van der Waals surface area contributed by atoms with Crippen LogP contribution in [0.4, 0.5) is 0 Å². The van der Waals surface area contributed by atoms with E-state index in [9.17, 15) is 9.90 Å². The molecule has 100 valence electrons. The lowest BCUT2D eigenvalue weighted by Crippen LogP contribution is -2.17. The third-order valence-corrected chi connectivity index (χ3v) is 2.57. The van der Waals surface area contributed by atoms with Gasteiger partial charge >= 0.3 is 5.97 Å². The summed E-state index contributed by atoms with van der Waals surface area (Å²) >= 11 is 0. The van der Waals surface area contributed by atoms with Gasteiger partial charge in [0.2, 0.25) is 0 Å². The van der Waals surface area contributed by atoms with E-state index in [0.29, 0.717) is 17.1 Å². The highest BCUT2D eigenvalue weighted by molar-refractivity contribution is 5.74. The molecule has 0 spiro atoms. The second-order valence-electron chi connectivity index (χ2n) is 5.07. The van der Waals surface area contributed by atoms with Crippen LogP contribution < -0.4 is 9.47 Å². The van der Waals surface area contributed by atoms with Crippen LogP contribution in [0.2, 0.25) is 0 Å². The summed E-state index contributed by atoms with van der Waals surface area (Å²) < 4.78 is 10.5. The Morgan fingerprint density at radius 2 is 1.94 bits per heavy atom. The van der Waals surface area contributed by atoms with Crippen LogP contribution in [0.15, 0.2) is 12.1 Å². The standard InChI is InChI=1S/C14H20O4/c1-6-11(16)18-13-10(17-5)8-7-9(15)12(13)14(2,3)4/h7-8,15H,6H2,1-5H3. The van der Waals surface area contributed by atoms with Crippen molar-refractivity contribution < 1.29 is 19.4 Å². The zero-order valence-corrected chi connectivity index (χ0v) is 11.5. The Balaban J connectivity index is 3.41. The molecule has 0 saturated heterocycles. The normalized spacial score (nSPS) is 11.2. The van der Waals surface area contributed by atoms with Gasteiger partial charge in [-0.05, 0) is 17.5 Å². The number of aromatic hydroxyl groups is 1. The van der Waals surface area contributed by atoms with E-state index in [0.717, 1.165) is 0 Å². The number of phenolic OH excluding ortho intramolecular Hbond substituents is 1. The maximum absolute atomic E-state index is 11.5. The van der Waals surface area contributed by atoms with Crippen LogP contribution in [0.5, 0.6) is 17.2 Å². The summed E-state index contributed by atoms with van der Waals surface area (Å²) in [6, 6.07) is 3.13. The van der Waals surface area contributed by atoms with E-state index in [4.69, 9.17) is 9.47 Å². The summed E-state index contributed by atoms with van der Waals surface area (Å²) in [5.74, 6) is 0.489. The maximum Gasteiger partial charge on any atom is 0.311 e. The molecule has 0 saturated carbocycles. The molecule has 1 N–H and O–H groups in total. The number of hydrogen-bond donors (Lipinski definition) is 1. The van der Waals surface area contributed by atoms with Crippen molar-refractivity contribution in [1.82, 2.24) is 0 Å². The Morgan fingerprint density at radius 1 is 1.33 bits per heavy atom. The molecule has 4 heteroatoms. The number of methoxy groups -OCH3 is 1. The van der Waals surface area contributed by atoms with Gasteiger partial charge in [0, 0.05) is 12.0 Å². The molecule has 0 aliphatic heterocycles. The van der Waals surface area contributed by atoms with Crippen LogP contribution in [-0.2, 0) is 10.2 Å². The number of hydrogen-bond acceptors (Lipinski definition) is 4. The first-order valence-electron chi connectivity index (χ1n) is 5.92. The van der Waals surface area contributed by atoms with Crippen molar-refractivity contribution >= 4 is 5.97 Å². The average Bonchev–Trinajstić information content (AvgIpc) is 2.27. The van der Waals surface area contributed by atoms with E-state index >= 15 is 0 Å². The lowest BCUT2D eigenvalue weighted by Gasteiger charge is -2.24. The van der Waals surface area contributed by atoms with Crippen LogP contribution in [0, 0.1) is 0 Å². The second kappa shape index (κ2) is 5.29. The Kier molecular flexibility index (Phi) is 4.22. The molecule has 18 heavy (non-hydrogen) atoms. The van der Waals surface area contributed by atoms with Gasteiger partial charge in [0.1, 0.15) is 5.75 Å². The topological polar surface area (TPSA) is 55.8 Å². The molecule has 0 aromatic heterocycles. The molecule has 0 bridgehead atoms. The number of carbonyl (C=O) groups is 1. The fraction of sp³-hybridized carbons (Fsp3) is 0.500. The van der Waals surface area contributed by atoms with Crippen LogP contribution in [0.3, 0.4) is 0 Å². The van der Waals surface area contributed by atoms with Gasteiger partial charge in [-0.3, -0.25) is 4.79 Å². The zero-order chi connectivity index (χ0) is 13.9. The van der Waals surface area contributed by atoms with Gasteiger partial charge in [-0.1, -0.05) is 27.7 Å². The molecule has 0 fully saturated rings. The van der Waals surface area contributed by atoms with Crippen LogP contribution in [0.25, 0.3) is 0 Å². The summed E-state index contributed by atoms with van der Waals surface area (Å²) in [5, 5.41) is 9.99. The monoisotopic (exact) mass is 252 g/mol. The molecule has 0 heterocycles. The average molecular weight is 252 g/mol. The van der Waals surface area contributed by atoms with Gasteiger partial charge < -0.3 is 14.6 Å². The van der Waals surface area contributed by atoms with Gasteiger partial charge in [-0.25, -0.2) is 0 Å². The summed E-state index contributed by atoms with van der Waals surface area (Å²) in [6.07, 6.45) is 0.266. The summed E-state index contributed by atoms with van der Waals surface area (Å²) in [5.41, 5.74) is 0.214. The molecular formula is C14H20O4. The Labute approximate surface area is 108 Å². The predicted molar refractivity (Wildman–Crippen MR) is 69.3 cm³/mol. The third-order valence-electron chi connectivity index (χ3n) is 2.57. The molecule has 0 amide bonds. The zero-order valence-electron chi connectivity index (χ0n) is 11.5. The molecule has 4 nitrogen and oxygen atoms in total. The number of carbonyl (C=O) groups excluding carboxylic acids is 1. The van der Waals surface area contributed by atoms with E-state index < -0.39 is 0 Å². The number of esters is 1. The molecule has 0 aliphatic carbocycles. The van der Waals surface area contributed by atoms with Gasteiger partial charge in [0.25, 0.3) is 0 Å². The van der Waals surface area contributed by atoms with E-state index in [-0.39, 0.29) is 23.6 Å². The molecular weight excluding hydrogens is 232 g/mol. The maximum atomic E-state index is 11.5. The van der Waals surface area contributed by atoms with E-state index in [1.807, 2.05) is 20.8 Å². The third kappa shape index (κ3) is 2.94. The van der Waals surface area contributed by atoms with Crippen molar-refractivity contribution in [3.05, 3.63) is 17.7 Å². The van der Waals surface area contributed by atoms with Crippen molar-refractivity contribution in [2.75, 3.05) is 7.11 Å². The molecule has 1 aromatic carbocycles. The lowest BCUT2D eigenvalue weighted by molar-refractivity contribution is -0.134. The van der Waals surface area contributed by atoms with Crippen molar-refractivity contribution in [3.8, 4) is 17.2 Å². The second-order valence-corrected chi connectivity index (χ2v) is 5.07. The molecule has 0 atom stereocenters. The van der Waals surface area contributed by atoms with Crippen molar-refractivity contribution in [3.63, 3.8) is 0 Å². The van der Waals surface area contributed by atoms with Crippen LogP contribution in [0.1, 0.15) is 39.7 Å². The fourth-order valence-electron chi connectivity index (χ4n) is 1.73. The summed E-state index contributed by atoms with van der Waals surface area (Å²) in [6.45, 7) is 7.52. The highest BCUT2D eigenvalue weighted by atomic mass is 16.6. The summed E-state index contributed by atoms with van der Waals surface area (Å²) in [4.78, 5) is 11.5. The molecule has 1 aromatic rings. The first-order chi connectivity index (χ1) is 8.31. The van der Waals surface area contributed by atoms with Gasteiger partial charge in [-0.15, -0.1) is 0 Å². The van der Waals surface area contributed by atoms with Crippen molar-refractivity contribution in [2.24, 2.45) is 0 Å². The lowest BCUT2D eigenvalue weighted by atomic mass is 9.85. The van der Waals surface area contributed by atoms with Gasteiger partial charge in [0.05, 0.1) is 7.11 Å². The van der Waals surface area contributed by atoms with Crippen LogP contribution >= 0.6 is 0 Å². The molecule has 0 aliphatic rings. The first kappa shape index (κ1) is 14.4. The van der Waals surface area contributed by atoms with Crippen molar-refractivity contribution in [2.45, 2.75) is 39.5 Å². The van der Waals surface area contributed by atoms with Crippen molar-refractivity contribution in [1.29, 1.82) is 0 Å². The smallest absolute Gasteiger partial charge is 0.311 e. The molecule has 1 rings (SSSR count). The van der Waals surface area contributed by atoms with Crippen LogP contribution in [-0.4, -0.2) is 18.2 Å². The quantitative estimate of drug-likeness (QED) is 0.663. The van der Waals surface area contributed by atoms with E-state index in [2.05, 4.69) is 0 Å². The minimum Gasteiger partial charge on any atom is -0.508 e. The predicted octanol–water partition coefficient (Wildman–Crippen LogP) is 3.01. The molecule has 0 radical (unpaired) electrons. The summed E-state index contributed by atoms with van der Waals surface area (Å²) in [7, 11) is 1.50. The first-order valence-corrected chi connectivity index (χ1v) is 5.92. The highest BCUT2D eigenvalue weighted by Crippen LogP contribution is 2.44. The fourth-order valence-corrected chi connectivity index (χ4v) is 1.73. The number of benzene rings is 1. The van der Waals surface area contributed by atoms with Gasteiger partial charge in [-0.2, -0.15) is 0 Å². The number of ether oxygens (including phenoxy) is 2. The largest absolute Gasteiger partial charge is 0.508 e. The van der Waals surface area contributed by atoms with E-state index in [1.165, 1.54) is 7.11 Å². The number of phenols is 1. The SMILES string of the molecule is CCC(=O)Oc1c(OC)ccc(O)c1C(C)(C)C. The van der Waals surface area contributed by atoms with E-state index in [1.54, 1.807) is 19.1 Å². The minimum absolute atomic E-state index is 0.0993. The Bertz CT molecular complexity index is 444. The molecule has 0 unspecified atom stereocenters. The number of rotatable bonds is 3. The Morgan fingerprint density at radius 3 is 2.39 bits per heavy atom.